The molecule has 3 atom stereocenters. The van der Waals surface area contributed by atoms with Gasteiger partial charge in [-0.3, -0.25) is 4.79 Å². The van der Waals surface area contributed by atoms with Gasteiger partial charge in [-0.25, -0.2) is 0 Å². The first-order valence-corrected chi connectivity index (χ1v) is 6.09. The van der Waals surface area contributed by atoms with Crippen LogP contribution in [0, 0.1) is 5.92 Å². The van der Waals surface area contributed by atoms with Crippen molar-refractivity contribution in [3.63, 3.8) is 0 Å². The van der Waals surface area contributed by atoms with E-state index in [-0.39, 0.29) is 24.2 Å². The lowest BCUT2D eigenvalue weighted by molar-refractivity contribution is -0.144. The number of hydrogen-bond acceptors (Lipinski definition) is 3. The van der Waals surface area contributed by atoms with E-state index in [0.29, 0.717) is 12.5 Å². The highest BCUT2D eigenvalue weighted by molar-refractivity contribution is 5.81. The minimum atomic E-state index is -0.278. The molecule has 94 valence electrons. The monoisotopic (exact) mass is 228 g/mol. The molecule has 1 heterocycles. The van der Waals surface area contributed by atoms with Crippen LogP contribution in [0.15, 0.2) is 0 Å². The Morgan fingerprint density at radius 1 is 1.44 bits per heavy atom. The number of rotatable bonds is 4. The molecule has 1 amide bonds. The van der Waals surface area contributed by atoms with E-state index in [1.165, 1.54) is 0 Å². The van der Waals surface area contributed by atoms with Crippen molar-refractivity contribution in [3.8, 4) is 0 Å². The van der Waals surface area contributed by atoms with E-state index in [9.17, 15) is 4.79 Å². The van der Waals surface area contributed by atoms with Gasteiger partial charge < -0.3 is 15.4 Å². The second kappa shape index (κ2) is 5.64. The average molecular weight is 228 g/mol. The zero-order chi connectivity index (χ0) is 12.3. The fourth-order valence-electron chi connectivity index (χ4n) is 1.94. The van der Waals surface area contributed by atoms with Gasteiger partial charge in [-0.1, -0.05) is 13.8 Å². The van der Waals surface area contributed by atoms with Crippen LogP contribution in [0.5, 0.6) is 0 Å². The highest BCUT2D eigenvalue weighted by Crippen LogP contribution is 2.22. The Labute approximate surface area is 98.1 Å². The second-order valence-electron chi connectivity index (χ2n) is 4.99. The van der Waals surface area contributed by atoms with Crippen LogP contribution in [-0.2, 0) is 9.53 Å². The molecule has 0 aromatic carbocycles. The molecular formula is C12H24N2O2. The number of amides is 1. The van der Waals surface area contributed by atoms with Crippen molar-refractivity contribution < 1.29 is 9.53 Å². The minimum Gasteiger partial charge on any atom is -0.364 e. The van der Waals surface area contributed by atoms with Crippen LogP contribution in [0.2, 0.25) is 0 Å². The molecule has 1 fully saturated rings. The van der Waals surface area contributed by atoms with Gasteiger partial charge in [0.05, 0.1) is 6.10 Å². The number of nitrogens with zero attached hydrogens (tertiary/aromatic N) is 1. The molecule has 3 unspecified atom stereocenters. The third-order valence-electron chi connectivity index (χ3n) is 3.57. The first kappa shape index (κ1) is 13.5. The molecule has 0 aliphatic carbocycles. The van der Waals surface area contributed by atoms with Gasteiger partial charge in [-0.05, 0) is 25.7 Å². The zero-order valence-electron chi connectivity index (χ0n) is 10.8. The Bertz CT molecular complexity index is 243. The van der Waals surface area contributed by atoms with Gasteiger partial charge in [-0.15, -0.1) is 0 Å². The Morgan fingerprint density at radius 2 is 2.06 bits per heavy atom. The summed E-state index contributed by atoms with van der Waals surface area (Å²) in [6, 6.07) is 0.244. The number of nitrogens with two attached hydrogens (primary N) is 1. The molecule has 0 spiro atoms. The highest BCUT2D eigenvalue weighted by Gasteiger charge is 2.33. The van der Waals surface area contributed by atoms with E-state index < -0.39 is 0 Å². The topological polar surface area (TPSA) is 55.6 Å². The van der Waals surface area contributed by atoms with Crippen LogP contribution >= 0.6 is 0 Å². The third-order valence-corrected chi connectivity index (χ3v) is 3.57. The number of ether oxygens (including phenoxy) is 1. The van der Waals surface area contributed by atoms with Gasteiger partial charge in [0, 0.05) is 19.6 Å². The van der Waals surface area contributed by atoms with Crippen LogP contribution in [0.4, 0.5) is 0 Å². The number of hydrogen-bond donors (Lipinski definition) is 1. The lowest BCUT2D eigenvalue weighted by Gasteiger charge is -2.30. The third kappa shape index (κ3) is 2.95. The SMILES string of the molecule is CC(C)C(C)N(C)C(=O)C1CCC(CN)O1. The van der Waals surface area contributed by atoms with Crippen molar-refractivity contribution in [3.05, 3.63) is 0 Å². The van der Waals surface area contributed by atoms with E-state index in [0.717, 1.165) is 12.8 Å². The Balaban J connectivity index is 2.52. The summed E-state index contributed by atoms with van der Waals surface area (Å²) in [4.78, 5) is 13.9. The maximum Gasteiger partial charge on any atom is 0.251 e. The molecule has 0 saturated carbocycles. The number of carbonyl (C=O) groups excluding carboxylic acids is 1. The number of likely N-dealkylation sites (N-methyl/N-ethyl adjacent to an activating group) is 1. The van der Waals surface area contributed by atoms with Crippen LogP contribution in [0.25, 0.3) is 0 Å². The summed E-state index contributed by atoms with van der Waals surface area (Å²) in [7, 11) is 1.85. The quantitative estimate of drug-likeness (QED) is 0.781. The molecular weight excluding hydrogens is 204 g/mol. The molecule has 16 heavy (non-hydrogen) atoms. The molecule has 0 bridgehead atoms. The molecule has 0 aromatic rings. The largest absolute Gasteiger partial charge is 0.364 e. The predicted octanol–water partition coefficient (Wildman–Crippen LogP) is 0.996. The summed E-state index contributed by atoms with van der Waals surface area (Å²) < 4.78 is 5.61. The fraction of sp³-hybridized carbons (Fsp3) is 0.917. The van der Waals surface area contributed by atoms with Crippen molar-refractivity contribution in [1.29, 1.82) is 0 Å². The molecule has 2 N–H and O–H groups in total. The van der Waals surface area contributed by atoms with E-state index in [2.05, 4.69) is 20.8 Å². The first-order valence-electron chi connectivity index (χ1n) is 6.09. The average Bonchev–Trinajstić information content (AvgIpc) is 2.74. The summed E-state index contributed by atoms with van der Waals surface area (Å²) in [5.41, 5.74) is 5.53. The summed E-state index contributed by atoms with van der Waals surface area (Å²) >= 11 is 0. The first-order chi connectivity index (χ1) is 7.47. The smallest absolute Gasteiger partial charge is 0.251 e. The second-order valence-corrected chi connectivity index (χ2v) is 4.99. The Morgan fingerprint density at radius 3 is 2.50 bits per heavy atom. The molecule has 4 nitrogen and oxygen atoms in total. The molecule has 1 rings (SSSR count). The van der Waals surface area contributed by atoms with Gasteiger partial charge in [0.2, 0.25) is 0 Å². The van der Waals surface area contributed by atoms with E-state index >= 15 is 0 Å². The summed E-state index contributed by atoms with van der Waals surface area (Å²) in [6.07, 6.45) is 1.49. The van der Waals surface area contributed by atoms with E-state index in [1.807, 2.05) is 7.05 Å². The molecule has 1 aliphatic rings. The van der Waals surface area contributed by atoms with Crippen molar-refractivity contribution in [2.24, 2.45) is 11.7 Å². The van der Waals surface area contributed by atoms with Gasteiger partial charge in [0.1, 0.15) is 6.10 Å². The van der Waals surface area contributed by atoms with Crippen LogP contribution in [-0.4, -0.2) is 42.6 Å². The number of carbonyl (C=O) groups is 1. The van der Waals surface area contributed by atoms with E-state index in [1.54, 1.807) is 4.90 Å². The van der Waals surface area contributed by atoms with Crippen LogP contribution in [0.1, 0.15) is 33.6 Å². The zero-order valence-corrected chi connectivity index (χ0v) is 10.8. The lowest BCUT2D eigenvalue weighted by Crippen LogP contribution is -2.44. The molecule has 0 aromatic heterocycles. The van der Waals surface area contributed by atoms with Crippen molar-refractivity contribution in [2.45, 2.75) is 51.9 Å². The van der Waals surface area contributed by atoms with Gasteiger partial charge >= 0.3 is 0 Å². The van der Waals surface area contributed by atoms with Gasteiger partial charge in [0.15, 0.2) is 0 Å². The van der Waals surface area contributed by atoms with Crippen molar-refractivity contribution in [1.82, 2.24) is 4.90 Å². The summed E-state index contributed by atoms with van der Waals surface area (Å²) in [5.74, 6) is 0.554. The fourth-order valence-corrected chi connectivity index (χ4v) is 1.94. The van der Waals surface area contributed by atoms with E-state index in [4.69, 9.17) is 10.5 Å². The predicted molar refractivity (Wildman–Crippen MR) is 64.0 cm³/mol. The Kier molecular flexibility index (Phi) is 4.74. The van der Waals surface area contributed by atoms with Crippen molar-refractivity contribution in [2.75, 3.05) is 13.6 Å². The Hall–Kier alpha value is -0.610. The molecule has 4 heteroatoms. The van der Waals surface area contributed by atoms with Crippen LogP contribution < -0.4 is 5.73 Å². The van der Waals surface area contributed by atoms with Gasteiger partial charge in [0.25, 0.3) is 5.91 Å². The standard InChI is InChI=1S/C12H24N2O2/c1-8(2)9(3)14(4)12(15)11-6-5-10(7-13)16-11/h8-11H,5-7,13H2,1-4H3. The molecule has 0 radical (unpaired) electrons. The minimum absolute atomic E-state index is 0.0664. The normalized spacial score (nSPS) is 27.1. The van der Waals surface area contributed by atoms with Gasteiger partial charge in [-0.2, -0.15) is 0 Å². The summed E-state index contributed by atoms with van der Waals surface area (Å²) in [5, 5.41) is 0. The lowest BCUT2D eigenvalue weighted by atomic mass is 10.0. The summed E-state index contributed by atoms with van der Waals surface area (Å²) in [6.45, 7) is 6.81. The van der Waals surface area contributed by atoms with Crippen molar-refractivity contribution >= 4 is 5.91 Å². The van der Waals surface area contributed by atoms with Crippen LogP contribution in [0.3, 0.4) is 0 Å². The maximum atomic E-state index is 12.1. The molecule has 1 saturated heterocycles. The maximum absolute atomic E-state index is 12.1. The molecule has 1 aliphatic heterocycles. The highest BCUT2D eigenvalue weighted by atomic mass is 16.5.